The Bertz CT molecular complexity index is 338. The monoisotopic (exact) mass is 251 g/mol. The largest absolute Gasteiger partial charge is 0.389 e. The topological polar surface area (TPSA) is 26.0 Å². The highest BCUT2D eigenvalue weighted by atomic mass is 35.5. The van der Waals surface area contributed by atoms with Crippen molar-refractivity contribution in [2.24, 2.45) is 5.73 Å². The lowest BCUT2D eigenvalue weighted by atomic mass is 10.0. The molecule has 16 heavy (non-hydrogen) atoms. The van der Waals surface area contributed by atoms with Crippen molar-refractivity contribution in [1.82, 2.24) is 0 Å². The number of alkyl halides is 3. The van der Waals surface area contributed by atoms with Crippen LogP contribution < -0.4 is 5.73 Å². The number of halogens is 4. The van der Waals surface area contributed by atoms with Gasteiger partial charge >= 0.3 is 6.18 Å². The zero-order valence-corrected chi connectivity index (χ0v) is 9.35. The van der Waals surface area contributed by atoms with Crippen LogP contribution in [0.1, 0.15) is 30.9 Å². The van der Waals surface area contributed by atoms with Gasteiger partial charge in [-0.1, -0.05) is 23.7 Å². The Morgan fingerprint density at radius 1 is 1.31 bits per heavy atom. The standard InChI is InChI=1S/C11H13ClF3N/c12-9-4-1-3-8(7-9)10(16)5-2-6-11(13,14)15/h1,3-4,7,10H,2,5-6,16H2. The zero-order chi connectivity index (χ0) is 12.2. The predicted molar refractivity (Wildman–Crippen MR) is 58.3 cm³/mol. The molecule has 0 heterocycles. The van der Waals surface area contributed by atoms with E-state index in [1.54, 1.807) is 24.3 Å². The fourth-order valence-electron chi connectivity index (χ4n) is 1.43. The molecule has 0 bridgehead atoms. The van der Waals surface area contributed by atoms with Crippen molar-refractivity contribution in [1.29, 1.82) is 0 Å². The third-order valence-corrected chi connectivity index (χ3v) is 2.49. The van der Waals surface area contributed by atoms with Crippen LogP contribution in [0.4, 0.5) is 13.2 Å². The van der Waals surface area contributed by atoms with Crippen LogP contribution in [-0.4, -0.2) is 6.18 Å². The summed E-state index contributed by atoms with van der Waals surface area (Å²) in [7, 11) is 0. The second-order valence-corrected chi connectivity index (χ2v) is 4.11. The third kappa shape index (κ3) is 4.86. The molecule has 1 atom stereocenters. The van der Waals surface area contributed by atoms with Crippen LogP contribution in [0.15, 0.2) is 24.3 Å². The Hall–Kier alpha value is -0.740. The fraction of sp³-hybridized carbons (Fsp3) is 0.455. The molecular weight excluding hydrogens is 239 g/mol. The lowest BCUT2D eigenvalue weighted by molar-refractivity contribution is -0.135. The first-order valence-electron chi connectivity index (χ1n) is 4.96. The first-order chi connectivity index (χ1) is 7.38. The van der Waals surface area contributed by atoms with Crippen LogP contribution in [0.3, 0.4) is 0 Å². The maximum atomic E-state index is 11.9. The summed E-state index contributed by atoms with van der Waals surface area (Å²) >= 11 is 5.76. The predicted octanol–water partition coefficient (Wildman–Crippen LogP) is 4.07. The summed E-state index contributed by atoms with van der Waals surface area (Å²) in [6, 6.07) is 6.50. The molecule has 1 nitrogen and oxygen atoms in total. The first-order valence-corrected chi connectivity index (χ1v) is 5.34. The lowest BCUT2D eigenvalue weighted by Gasteiger charge is -2.13. The number of rotatable bonds is 4. The van der Waals surface area contributed by atoms with E-state index in [1.165, 1.54) is 0 Å². The van der Waals surface area contributed by atoms with Gasteiger partial charge in [-0.2, -0.15) is 13.2 Å². The first kappa shape index (κ1) is 13.3. The number of hydrogen-bond acceptors (Lipinski definition) is 1. The van der Waals surface area contributed by atoms with Gasteiger partial charge in [0.2, 0.25) is 0 Å². The average molecular weight is 252 g/mol. The van der Waals surface area contributed by atoms with E-state index in [0.717, 1.165) is 5.56 Å². The Labute approximate surface area is 97.4 Å². The van der Waals surface area contributed by atoms with Crippen molar-refractivity contribution >= 4 is 11.6 Å². The molecule has 0 aromatic heterocycles. The lowest BCUT2D eigenvalue weighted by Crippen LogP contribution is -2.13. The van der Waals surface area contributed by atoms with Gasteiger partial charge in [-0.25, -0.2) is 0 Å². The second kappa shape index (κ2) is 5.55. The van der Waals surface area contributed by atoms with Gasteiger partial charge < -0.3 is 5.73 Å². The molecule has 0 amide bonds. The molecule has 0 aliphatic carbocycles. The van der Waals surface area contributed by atoms with E-state index in [4.69, 9.17) is 17.3 Å². The SMILES string of the molecule is NC(CCCC(F)(F)F)c1cccc(Cl)c1. The van der Waals surface area contributed by atoms with Gasteiger partial charge in [-0.3, -0.25) is 0 Å². The third-order valence-electron chi connectivity index (χ3n) is 2.25. The molecule has 1 rings (SSSR count). The van der Waals surface area contributed by atoms with E-state index < -0.39 is 12.6 Å². The maximum absolute atomic E-state index is 11.9. The van der Waals surface area contributed by atoms with Crippen LogP contribution in [0.25, 0.3) is 0 Å². The summed E-state index contributed by atoms with van der Waals surface area (Å²) in [4.78, 5) is 0. The minimum atomic E-state index is -4.10. The molecule has 1 aromatic carbocycles. The molecule has 0 saturated carbocycles. The molecule has 1 aromatic rings. The Morgan fingerprint density at radius 2 is 2.00 bits per heavy atom. The van der Waals surface area contributed by atoms with E-state index in [1.807, 2.05) is 0 Å². The summed E-state index contributed by atoms with van der Waals surface area (Å²) < 4.78 is 35.7. The van der Waals surface area contributed by atoms with Crippen LogP contribution in [0.5, 0.6) is 0 Å². The van der Waals surface area contributed by atoms with Crippen molar-refractivity contribution in [2.75, 3.05) is 0 Å². The molecule has 2 N–H and O–H groups in total. The van der Waals surface area contributed by atoms with Gasteiger partial charge in [-0.15, -0.1) is 0 Å². The highest BCUT2D eigenvalue weighted by Gasteiger charge is 2.26. The highest BCUT2D eigenvalue weighted by Crippen LogP contribution is 2.26. The average Bonchev–Trinajstić information content (AvgIpc) is 2.15. The molecule has 0 saturated heterocycles. The quantitative estimate of drug-likeness (QED) is 0.858. The fourth-order valence-corrected chi connectivity index (χ4v) is 1.63. The van der Waals surface area contributed by atoms with Gasteiger partial charge in [0, 0.05) is 17.5 Å². The Morgan fingerprint density at radius 3 is 2.56 bits per heavy atom. The van der Waals surface area contributed by atoms with E-state index in [0.29, 0.717) is 11.4 Å². The summed E-state index contributed by atoms with van der Waals surface area (Å²) in [5.41, 5.74) is 6.54. The van der Waals surface area contributed by atoms with Gasteiger partial charge in [0.15, 0.2) is 0 Å². The Kier molecular flexibility index (Phi) is 4.62. The van der Waals surface area contributed by atoms with Gasteiger partial charge in [0.25, 0.3) is 0 Å². The summed E-state index contributed by atoms with van der Waals surface area (Å²) in [6.45, 7) is 0. The molecule has 1 unspecified atom stereocenters. The summed E-state index contributed by atoms with van der Waals surface area (Å²) in [5.74, 6) is 0. The molecule has 0 spiro atoms. The molecule has 0 radical (unpaired) electrons. The van der Waals surface area contributed by atoms with Gasteiger partial charge in [0.05, 0.1) is 0 Å². The normalized spacial score (nSPS) is 13.8. The van der Waals surface area contributed by atoms with Crippen LogP contribution in [0, 0.1) is 0 Å². The van der Waals surface area contributed by atoms with Crippen LogP contribution >= 0.6 is 11.6 Å². The minimum absolute atomic E-state index is 0.0389. The van der Waals surface area contributed by atoms with E-state index >= 15 is 0 Å². The van der Waals surface area contributed by atoms with Gasteiger partial charge in [-0.05, 0) is 30.5 Å². The van der Waals surface area contributed by atoms with Crippen molar-refractivity contribution in [2.45, 2.75) is 31.5 Å². The molecule has 5 heteroatoms. The van der Waals surface area contributed by atoms with E-state index in [9.17, 15) is 13.2 Å². The molecular formula is C11H13ClF3N. The Balaban J connectivity index is 2.44. The maximum Gasteiger partial charge on any atom is 0.389 e. The smallest absolute Gasteiger partial charge is 0.324 e. The van der Waals surface area contributed by atoms with Gasteiger partial charge in [0.1, 0.15) is 0 Å². The van der Waals surface area contributed by atoms with Crippen molar-refractivity contribution < 1.29 is 13.2 Å². The highest BCUT2D eigenvalue weighted by molar-refractivity contribution is 6.30. The van der Waals surface area contributed by atoms with Crippen molar-refractivity contribution in [3.63, 3.8) is 0 Å². The van der Waals surface area contributed by atoms with Crippen molar-refractivity contribution in [3.05, 3.63) is 34.9 Å². The van der Waals surface area contributed by atoms with E-state index in [-0.39, 0.29) is 12.5 Å². The van der Waals surface area contributed by atoms with Crippen molar-refractivity contribution in [3.8, 4) is 0 Å². The molecule has 0 aliphatic heterocycles. The number of benzene rings is 1. The zero-order valence-electron chi connectivity index (χ0n) is 8.60. The van der Waals surface area contributed by atoms with Crippen LogP contribution in [0.2, 0.25) is 5.02 Å². The molecule has 0 aliphatic rings. The van der Waals surface area contributed by atoms with E-state index in [2.05, 4.69) is 0 Å². The summed E-state index contributed by atoms with van der Waals surface area (Å²) in [5, 5.41) is 0.545. The molecule has 90 valence electrons. The number of hydrogen-bond donors (Lipinski definition) is 1. The molecule has 0 fully saturated rings. The van der Waals surface area contributed by atoms with Crippen LogP contribution in [-0.2, 0) is 0 Å². The second-order valence-electron chi connectivity index (χ2n) is 3.67. The number of nitrogens with two attached hydrogens (primary N) is 1. The summed E-state index contributed by atoms with van der Waals surface area (Å²) in [6.07, 6.45) is -4.55. The minimum Gasteiger partial charge on any atom is -0.324 e.